The van der Waals surface area contributed by atoms with Crippen LogP contribution in [-0.2, 0) is 12.6 Å². The highest BCUT2D eigenvalue weighted by molar-refractivity contribution is 5.71. The summed E-state index contributed by atoms with van der Waals surface area (Å²) in [6.07, 6.45) is 0. The Kier molecular flexibility index (Phi) is 3.59. The smallest absolute Gasteiger partial charge is 0.0929 e. The standard InChI is InChI=1S/C19H20N2O/c1-19(2,22)16-12-8-7-11-15(16)18-13-17(20-21(18)3)14-9-5-4-6-10-14/h4-13,22H,1-3H3. The van der Waals surface area contributed by atoms with Gasteiger partial charge in [-0.3, -0.25) is 4.68 Å². The molecule has 3 heteroatoms. The van der Waals surface area contributed by atoms with Crippen molar-refractivity contribution in [1.82, 2.24) is 9.78 Å². The summed E-state index contributed by atoms with van der Waals surface area (Å²) in [7, 11) is 1.93. The Hall–Kier alpha value is -2.39. The quantitative estimate of drug-likeness (QED) is 0.793. The number of hydrogen-bond donors (Lipinski definition) is 1. The lowest BCUT2D eigenvalue weighted by Gasteiger charge is -2.21. The molecule has 2 aromatic carbocycles. The molecule has 0 fully saturated rings. The number of hydrogen-bond acceptors (Lipinski definition) is 2. The van der Waals surface area contributed by atoms with Crippen LogP contribution in [0.25, 0.3) is 22.5 Å². The maximum atomic E-state index is 10.4. The summed E-state index contributed by atoms with van der Waals surface area (Å²) < 4.78 is 1.87. The Morgan fingerprint density at radius 1 is 0.955 bits per heavy atom. The van der Waals surface area contributed by atoms with Crippen LogP contribution in [-0.4, -0.2) is 14.9 Å². The fourth-order valence-corrected chi connectivity index (χ4v) is 2.71. The van der Waals surface area contributed by atoms with Crippen LogP contribution in [0, 0.1) is 0 Å². The summed E-state index contributed by atoms with van der Waals surface area (Å²) in [5.74, 6) is 0. The van der Waals surface area contributed by atoms with Gasteiger partial charge in [0.25, 0.3) is 0 Å². The van der Waals surface area contributed by atoms with Crippen molar-refractivity contribution in [3.63, 3.8) is 0 Å². The number of aliphatic hydroxyl groups is 1. The van der Waals surface area contributed by atoms with Crippen LogP contribution in [0.4, 0.5) is 0 Å². The van der Waals surface area contributed by atoms with E-state index in [0.29, 0.717) is 0 Å². The summed E-state index contributed by atoms with van der Waals surface area (Å²) in [4.78, 5) is 0. The lowest BCUT2D eigenvalue weighted by atomic mass is 9.91. The zero-order chi connectivity index (χ0) is 15.7. The molecule has 3 nitrogen and oxygen atoms in total. The molecule has 0 saturated heterocycles. The van der Waals surface area contributed by atoms with Gasteiger partial charge in [0.15, 0.2) is 0 Å². The number of aromatic nitrogens is 2. The fraction of sp³-hybridized carbons (Fsp3) is 0.211. The topological polar surface area (TPSA) is 38.0 Å². The molecule has 0 spiro atoms. The Labute approximate surface area is 130 Å². The van der Waals surface area contributed by atoms with Crippen molar-refractivity contribution in [2.75, 3.05) is 0 Å². The largest absolute Gasteiger partial charge is 0.386 e. The van der Waals surface area contributed by atoms with Crippen LogP contribution in [0.3, 0.4) is 0 Å². The van der Waals surface area contributed by atoms with Crippen molar-refractivity contribution < 1.29 is 5.11 Å². The zero-order valence-electron chi connectivity index (χ0n) is 13.1. The summed E-state index contributed by atoms with van der Waals surface area (Å²) in [6.45, 7) is 3.61. The van der Waals surface area contributed by atoms with E-state index >= 15 is 0 Å². The van der Waals surface area contributed by atoms with Gasteiger partial charge in [-0.05, 0) is 25.5 Å². The summed E-state index contributed by atoms with van der Waals surface area (Å²) in [5.41, 5.74) is 4.03. The average molecular weight is 292 g/mol. The molecular weight excluding hydrogens is 272 g/mol. The fourth-order valence-electron chi connectivity index (χ4n) is 2.71. The van der Waals surface area contributed by atoms with Gasteiger partial charge in [-0.2, -0.15) is 5.10 Å². The molecular formula is C19H20N2O. The molecule has 1 heterocycles. The Bertz CT molecular complexity index is 783. The van der Waals surface area contributed by atoms with Gasteiger partial charge in [-0.15, -0.1) is 0 Å². The van der Waals surface area contributed by atoms with Crippen LogP contribution in [0.1, 0.15) is 19.4 Å². The first-order chi connectivity index (χ1) is 10.5. The van der Waals surface area contributed by atoms with Crippen molar-refractivity contribution in [2.24, 2.45) is 7.05 Å². The lowest BCUT2D eigenvalue weighted by molar-refractivity contribution is 0.0791. The molecule has 0 amide bonds. The van der Waals surface area contributed by atoms with Gasteiger partial charge < -0.3 is 5.11 Å². The van der Waals surface area contributed by atoms with Gasteiger partial charge in [0, 0.05) is 18.2 Å². The summed E-state index contributed by atoms with van der Waals surface area (Å²) in [6, 6.07) is 20.1. The van der Waals surface area contributed by atoms with E-state index in [1.807, 2.05) is 66.3 Å². The van der Waals surface area contributed by atoms with Gasteiger partial charge in [-0.25, -0.2) is 0 Å². The number of nitrogens with zero attached hydrogens (tertiary/aromatic N) is 2. The first kappa shape index (κ1) is 14.5. The highest BCUT2D eigenvalue weighted by atomic mass is 16.3. The van der Waals surface area contributed by atoms with Crippen molar-refractivity contribution in [3.05, 3.63) is 66.2 Å². The molecule has 3 aromatic rings. The van der Waals surface area contributed by atoms with Crippen molar-refractivity contribution in [2.45, 2.75) is 19.4 Å². The minimum absolute atomic E-state index is 0.895. The van der Waals surface area contributed by atoms with E-state index in [4.69, 9.17) is 0 Å². The monoisotopic (exact) mass is 292 g/mol. The molecule has 0 unspecified atom stereocenters. The third kappa shape index (κ3) is 2.68. The van der Waals surface area contributed by atoms with Crippen LogP contribution >= 0.6 is 0 Å². The predicted molar refractivity (Wildman–Crippen MR) is 89.3 cm³/mol. The maximum absolute atomic E-state index is 10.4. The minimum atomic E-state index is -0.895. The Morgan fingerprint density at radius 2 is 1.59 bits per heavy atom. The van der Waals surface area contributed by atoms with E-state index in [0.717, 1.165) is 28.1 Å². The van der Waals surface area contributed by atoms with E-state index in [9.17, 15) is 5.11 Å². The van der Waals surface area contributed by atoms with Crippen molar-refractivity contribution in [1.29, 1.82) is 0 Å². The minimum Gasteiger partial charge on any atom is -0.386 e. The van der Waals surface area contributed by atoms with E-state index in [2.05, 4.69) is 11.2 Å². The first-order valence-corrected chi connectivity index (χ1v) is 7.38. The molecule has 0 aliphatic heterocycles. The third-order valence-electron chi connectivity index (χ3n) is 3.81. The molecule has 3 rings (SSSR count). The number of rotatable bonds is 3. The van der Waals surface area contributed by atoms with Gasteiger partial charge in [0.1, 0.15) is 0 Å². The van der Waals surface area contributed by atoms with Gasteiger partial charge in [0.2, 0.25) is 0 Å². The first-order valence-electron chi connectivity index (χ1n) is 7.38. The molecule has 0 radical (unpaired) electrons. The van der Waals surface area contributed by atoms with Crippen molar-refractivity contribution in [3.8, 4) is 22.5 Å². The number of aryl methyl sites for hydroxylation is 1. The molecule has 0 saturated carbocycles. The molecule has 1 N–H and O–H groups in total. The maximum Gasteiger partial charge on any atom is 0.0929 e. The van der Waals surface area contributed by atoms with E-state index < -0.39 is 5.60 Å². The van der Waals surface area contributed by atoms with Crippen LogP contribution in [0.5, 0.6) is 0 Å². The molecule has 0 atom stereocenters. The Balaban J connectivity index is 2.13. The summed E-state index contributed by atoms with van der Waals surface area (Å²) in [5, 5.41) is 15.0. The highest BCUT2D eigenvalue weighted by Gasteiger charge is 2.22. The molecule has 1 aromatic heterocycles. The zero-order valence-corrected chi connectivity index (χ0v) is 13.1. The number of benzene rings is 2. The second kappa shape index (κ2) is 5.43. The van der Waals surface area contributed by atoms with E-state index in [-0.39, 0.29) is 0 Å². The SMILES string of the molecule is Cn1nc(-c2ccccc2)cc1-c1ccccc1C(C)(C)O. The highest BCUT2D eigenvalue weighted by Crippen LogP contribution is 2.33. The second-order valence-corrected chi connectivity index (χ2v) is 6.01. The van der Waals surface area contributed by atoms with Gasteiger partial charge in [-0.1, -0.05) is 54.6 Å². The van der Waals surface area contributed by atoms with E-state index in [1.165, 1.54) is 0 Å². The lowest BCUT2D eigenvalue weighted by Crippen LogP contribution is -2.17. The molecule has 22 heavy (non-hydrogen) atoms. The molecule has 112 valence electrons. The predicted octanol–water partition coefficient (Wildman–Crippen LogP) is 3.98. The van der Waals surface area contributed by atoms with Crippen LogP contribution in [0.2, 0.25) is 0 Å². The Morgan fingerprint density at radius 3 is 2.27 bits per heavy atom. The third-order valence-corrected chi connectivity index (χ3v) is 3.81. The second-order valence-electron chi connectivity index (χ2n) is 6.01. The molecule has 0 aliphatic rings. The van der Waals surface area contributed by atoms with Gasteiger partial charge in [0.05, 0.1) is 17.0 Å². The van der Waals surface area contributed by atoms with E-state index in [1.54, 1.807) is 13.8 Å². The van der Waals surface area contributed by atoms with Crippen molar-refractivity contribution >= 4 is 0 Å². The van der Waals surface area contributed by atoms with Gasteiger partial charge >= 0.3 is 0 Å². The van der Waals surface area contributed by atoms with Crippen LogP contribution in [0.15, 0.2) is 60.7 Å². The summed E-state index contributed by atoms with van der Waals surface area (Å²) >= 11 is 0. The van der Waals surface area contributed by atoms with Crippen LogP contribution < -0.4 is 0 Å². The molecule has 0 aliphatic carbocycles. The average Bonchev–Trinajstić information content (AvgIpc) is 2.89. The normalized spacial score (nSPS) is 11.6. The molecule has 0 bridgehead atoms.